The van der Waals surface area contributed by atoms with Gasteiger partial charge in [-0.15, -0.1) is 11.3 Å². The van der Waals surface area contributed by atoms with Crippen molar-refractivity contribution in [3.8, 4) is 5.69 Å². The molecule has 0 aliphatic carbocycles. The second kappa shape index (κ2) is 5.01. The number of nitrogens with one attached hydrogen (secondary N) is 1. The molecular formula is C15H15N3OS. The van der Waals surface area contributed by atoms with Crippen LogP contribution in [0.4, 0.5) is 0 Å². The summed E-state index contributed by atoms with van der Waals surface area (Å²) in [4.78, 5) is 4.30. The van der Waals surface area contributed by atoms with Crippen LogP contribution in [0.2, 0.25) is 0 Å². The Morgan fingerprint density at radius 3 is 3.25 bits per heavy atom. The Morgan fingerprint density at radius 1 is 1.35 bits per heavy atom. The molecule has 4 rings (SSSR count). The third-order valence-electron chi connectivity index (χ3n) is 3.64. The average Bonchev–Trinajstić information content (AvgIpc) is 3.16. The monoisotopic (exact) mass is 285 g/mol. The molecule has 0 amide bonds. The van der Waals surface area contributed by atoms with Crippen molar-refractivity contribution in [3.63, 3.8) is 0 Å². The number of imidazole rings is 1. The second-order valence-corrected chi connectivity index (χ2v) is 5.84. The highest BCUT2D eigenvalue weighted by molar-refractivity contribution is 7.17. The van der Waals surface area contributed by atoms with Gasteiger partial charge in [0, 0.05) is 23.5 Å². The molecule has 4 nitrogen and oxygen atoms in total. The molecule has 0 bridgehead atoms. The van der Waals surface area contributed by atoms with Gasteiger partial charge >= 0.3 is 0 Å². The van der Waals surface area contributed by atoms with E-state index in [1.165, 1.54) is 10.1 Å². The van der Waals surface area contributed by atoms with Crippen LogP contribution in [-0.2, 0) is 4.74 Å². The molecule has 1 unspecified atom stereocenters. The minimum Gasteiger partial charge on any atom is -0.369 e. The first-order valence-electron chi connectivity index (χ1n) is 6.74. The van der Waals surface area contributed by atoms with Gasteiger partial charge in [-0.25, -0.2) is 4.98 Å². The number of thiophene rings is 1. The van der Waals surface area contributed by atoms with E-state index in [1.54, 1.807) is 11.3 Å². The molecule has 1 fully saturated rings. The Hall–Kier alpha value is -1.69. The van der Waals surface area contributed by atoms with Crippen LogP contribution in [0, 0.1) is 0 Å². The van der Waals surface area contributed by atoms with E-state index in [0.717, 1.165) is 31.1 Å². The molecule has 1 atom stereocenters. The molecule has 3 heterocycles. The fourth-order valence-corrected chi connectivity index (χ4v) is 3.39. The number of morpholine rings is 1. The molecule has 1 aromatic carbocycles. The lowest BCUT2D eigenvalue weighted by Crippen LogP contribution is -2.34. The van der Waals surface area contributed by atoms with Crippen LogP contribution in [0.25, 0.3) is 15.8 Å². The molecule has 1 N–H and O–H groups in total. The molecule has 102 valence electrons. The zero-order valence-electron chi connectivity index (χ0n) is 11.0. The lowest BCUT2D eigenvalue weighted by Gasteiger charge is -2.24. The summed E-state index contributed by atoms with van der Waals surface area (Å²) in [6, 6.07) is 8.66. The molecule has 1 saturated heterocycles. The van der Waals surface area contributed by atoms with E-state index >= 15 is 0 Å². The fourth-order valence-electron chi connectivity index (χ4n) is 2.62. The highest BCUT2D eigenvalue weighted by Gasteiger charge is 2.20. The van der Waals surface area contributed by atoms with E-state index in [-0.39, 0.29) is 6.10 Å². The molecule has 0 spiro atoms. The molecule has 1 aliphatic rings. The zero-order chi connectivity index (χ0) is 13.4. The molecular weight excluding hydrogens is 270 g/mol. The fraction of sp³-hybridized carbons (Fsp3) is 0.267. The summed E-state index contributed by atoms with van der Waals surface area (Å²) in [7, 11) is 0. The molecule has 5 heteroatoms. The number of rotatable bonds is 2. The van der Waals surface area contributed by atoms with Gasteiger partial charge in [0.1, 0.15) is 6.10 Å². The van der Waals surface area contributed by atoms with Gasteiger partial charge in [0.2, 0.25) is 0 Å². The SMILES string of the molecule is c1cc2cc(-n3cncc3C3CNCCO3)ccc2s1. The van der Waals surface area contributed by atoms with Crippen LogP contribution in [0.15, 0.2) is 42.2 Å². The van der Waals surface area contributed by atoms with Crippen LogP contribution in [0.3, 0.4) is 0 Å². The minimum atomic E-state index is 0.0735. The van der Waals surface area contributed by atoms with Gasteiger partial charge in [0.05, 0.1) is 24.8 Å². The van der Waals surface area contributed by atoms with Gasteiger partial charge in [-0.3, -0.25) is 0 Å². The Morgan fingerprint density at radius 2 is 2.35 bits per heavy atom. The zero-order valence-corrected chi connectivity index (χ0v) is 11.8. The van der Waals surface area contributed by atoms with Crippen LogP contribution in [-0.4, -0.2) is 29.2 Å². The lowest BCUT2D eigenvalue weighted by molar-refractivity contribution is 0.0240. The first-order chi connectivity index (χ1) is 9.92. The quantitative estimate of drug-likeness (QED) is 0.787. The Balaban J connectivity index is 1.75. The van der Waals surface area contributed by atoms with Crippen molar-refractivity contribution >= 4 is 21.4 Å². The van der Waals surface area contributed by atoms with Gasteiger partial charge in [-0.1, -0.05) is 0 Å². The highest BCUT2D eigenvalue weighted by Crippen LogP contribution is 2.26. The van der Waals surface area contributed by atoms with Gasteiger partial charge in [-0.05, 0) is 35.0 Å². The molecule has 20 heavy (non-hydrogen) atoms. The Kier molecular flexibility index (Phi) is 3.03. The van der Waals surface area contributed by atoms with Crippen molar-refractivity contribution in [3.05, 3.63) is 47.9 Å². The largest absolute Gasteiger partial charge is 0.369 e. The Bertz CT molecular complexity index is 727. The summed E-state index contributed by atoms with van der Waals surface area (Å²) in [6.45, 7) is 2.51. The van der Waals surface area contributed by atoms with Crippen molar-refractivity contribution in [2.24, 2.45) is 0 Å². The molecule has 3 aromatic rings. The van der Waals surface area contributed by atoms with Crippen LogP contribution in [0.5, 0.6) is 0 Å². The summed E-state index contributed by atoms with van der Waals surface area (Å²) in [5, 5.41) is 6.76. The molecule has 0 radical (unpaired) electrons. The smallest absolute Gasteiger partial charge is 0.112 e. The summed E-state index contributed by atoms with van der Waals surface area (Å²) >= 11 is 1.77. The van der Waals surface area contributed by atoms with Crippen molar-refractivity contribution in [1.29, 1.82) is 0 Å². The van der Waals surface area contributed by atoms with Crippen molar-refractivity contribution in [2.75, 3.05) is 19.7 Å². The third kappa shape index (κ3) is 2.04. The van der Waals surface area contributed by atoms with Gasteiger partial charge in [0.25, 0.3) is 0 Å². The normalized spacial score (nSPS) is 19.5. The van der Waals surface area contributed by atoms with Gasteiger partial charge in [0.15, 0.2) is 0 Å². The average molecular weight is 285 g/mol. The summed E-state index contributed by atoms with van der Waals surface area (Å²) in [6.07, 6.45) is 3.83. The number of hydrogen-bond donors (Lipinski definition) is 1. The van der Waals surface area contributed by atoms with E-state index in [1.807, 2.05) is 12.5 Å². The topological polar surface area (TPSA) is 39.1 Å². The van der Waals surface area contributed by atoms with Crippen LogP contribution in [0.1, 0.15) is 11.8 Å². The molecule has 1 aliphatic heterocycles. The summed E-state index contributed by atoms with van der Waals surface area (Å²) in [5.74, 6) is 0. The maximum absolute atomic E-state index is 5.84. The van der Waals surface area contributed by atoms with E-state index in [4.69, 9.17) is 4.74 Å². The lowest BCUT2D eigenvalue weighted by atomic mass is 10.2. The first-order valence-corrected chi connectivity index (χ1v) is 7.62. The van der Waals surface area contributed by atoms with Crippen molar-refractivity contribution < 1.29 is 4.74 Å². The first kappa shape index (κ1) is 12.1. The maximum Gasteiger partial charge on any atom is 0.112 e. The maximum atomic E-state index is 5.84. The molecule has 2 aromatic heterocycles. The standard InChI is InChI=1S/C15H15N3OS/c1-2-15-11(3-6-20-15)7-12(1)18-10-17-8-13(18)14-9-16-4-5-19-14/h1-3,6-8,10,14,16H,4-5,9H2. The van der Waals surface area contributed by atoms with E-state index in [2.05, 4.69) is 44.5 Å². The van der Waals surface area contributed by atoms with Crippen LogP contribution >= 0.6 is 11.3 Å². The second-order valence-electron chi connectivity index (χ2n) is 4.89. The summed E-state index contributed by atoms with van der Waals surface area (Å²) in [5.41, 5.74) is 2.24. The number of fused-ring (bicyclic) bond motifs is 1. The summed E-state index contributed by atoms with van der Waals surface area (Å²) < 4.78 is 9.27. The Labute approximate surface area is 121 Å². The van der Waals surface area contributed by atoms with Crippen molar-refractivity contribution in [2.45, 2.75) is 6.10 Å². The number of ether oxygens (including phenoxy) is 1. The van der Waals surface area contributed by atoms with E-state index < -0.39 is 0 Å². The number of nitrogens with zero attached hydrogens (tertiary/aromatic N) is 2. The van der Waals surface area contributed by atoms with Crippen molar-refractivity contribution in [1.82, 2.24) is 14.9 Å². The molecule has 0 saturated carbocycles. The van der Waals surface area contributed by atoms with Gasteiger partial charge in [-0.2, -0.15) is 0 Å². The number of benzene rings is 1. The number of aromatic nitrogens is 2. The third-order valence-corrected chi connectivity index (χ3v) is 4.54. The number of hydrogen-bond acceptors (Lipinski definition) is 4. The van der Waals surface area contributed by atoms with Gasteiger partial charge < -0.3 is 14.6 Å². The minimum absolute atomic E-state index is 0.0735. The van der Waals surface area contributed by atoms with E-state index in [0.29, 0.717) is 0 Å². The highest BCUT2D eigenvalue weighted by atomic mass is 32.1. The van der Waals surface area contributed by atoms with Crippen LogP contribution < -0.4 is 5.32 Å². The van der Waals surface area contributed by atoms with E-state index in [9.17, 15) is 0 Å². The predicted octanol–water partition coefficient (Wildman–Crippen LogP) is 2.75. The predicted molar refractivity (Wildman–Crippen MR) is 80.5 cm³/mol.